The normalized spacial score (nSPS) is 18.5. The minimum atomic E-state index is -4.63. The Kier molecular flexibility index (Phi) is 24.6. The first-order valence-corrected chi connectivity index (χ1v) is 43.0. The molecule has 15 aromatic carbocycles. The number of alkyl halides is 6. The van der Waals surface area contributed by atoms with Crippen molar-refractivity contribution in [2.24, 2.45) is 0 Å². The van der Waals surface area contributed by atoms with Crippen molar-refractivity contribution in [2.75, 3.05) is 26.6 Å². The zero-order valence-corrected chi connectivity index (χ0v) is 73.7. The number of aryl methyl sites for hydroxylation is 5. The largest absolute Gasteiger partial charge is 0.508 e. The van der Waals surface area contributed by atoms with Crippen molar-refractivity contribution in [1.29, 1.82) is 0 Å². The van der Waals surface area contributed by atoms with E-state index in [1.54, 1.807) is 109 Å². The number of nitrogens with one attached hydrogen (secondary N) is 5. The van der Waals surface area contributed by atoms with Gasteiger partial charge >= 0.3 is 12.4 Å². The predicted molar refractivity (Wildman–Crippen MR) is 503 cm³/mol. The Labute approximate surface area is 772 Å². The summed E-state index contributed by atoms with van der Waals surface area (Å²) in [5, 5.41) is 81.8. The summed E-state index contributed by atoms with van der Waals surface area (Å²) in [5.41, 5.74) is 11.9. The van der Waals surface area contributed by atoms with Gasteiger partial charge in [-0.15, -0.1) is 0 Å². The molecule has 0 saturated carbocycles. The fourth-order valence-electron chi connectivity index (χ4n) is 19.0. The molecule has 0 aromatic heterocycles. The maximum Gasteiger partial charge on any atom is 0.418 e. The van der Waals surface area contributed by atoms with Crippen LogP contribution in [-0.4, -0.2) is 65.3 Å². The third-order valence-corrected chi connectivity index (χ3v) is 26.1. The molecule has 134 heavy (non-hydrogen) atoms. The number of aromatic hydroxyl groups is 5. The number of phenolic OH excluding ortho intramolecular Hbond substituents is 5. The number of aliphatic hydroxyl groups excluding tert-OH is 2. The van der Waals surface area contributed by atoms with Crippen LogP contribution in [0.1, 0.15) is 139 Å². The second-order valence-corrected chi connectivity index (χ2v) is 34.0. The molecule has 17 nitrogen and oxygen atoms in total. The van der Waals surface area contributed by atoms with Crippen molar-refractivity contribution >= 4 is 69.6 Å². The molecule has 0 fully saturated rings. The first-order valence-electron chi connectivity index (χ1n) is 42.7. The molecule has 5 aliphatic heterocycles. The molecule has 24 heteroatoms. The average Bonchev–Trinajstić information content (AvgIpc) is 1.57. The maximum absolute atomic E-state index is 13.6. The van der Waals surface area contributed by atoms with Gasteiger partial charge in [0.1, 0.15) is 55.8 Å². The molecule has 12 N–H and O–H groups in total. The summed E-state index contributed by atoms with van der Waals surface area (Å²) < 4.78 is 81.3. The first-order chi connectivity index (χ1) is 64.1. The standard InChI is InChI=1S/C22H18ClNO2.C22H16F3NO3.C22H16F3NO2.C22H19NO3.C22H19NO2/c1-13-3-5-15(6-4-13)22(16-7-9-17(25)10-8-16)18-11-12-19(23)14(2)20(18)24-21(22)26;23-22(24,25)18-3-1-2-17-19(18)26-20(29)21(17,15-8-10-16(28)11-9-15)14-6-4-13(12-27)5-7-14;1-13-5-7-14(8-6-13)21(15-9-11-16(27)12-10-15)17-3-2-4-18(22(23,24)25)19(17)26-20(21)28;1-14-3-2-4-19-20(14)23-21(26)22(19,17-9-11-18(25)12-10-17)16-7-5-15(13-24)6-8-16;1-14-6-8-16(9-7-14)22(17-10-12-18(24)13-11-17)19-5-3-4-15(2)20(19)23-21(22)25/h3-12,25H,1-2H3,(H,24,26);1-11,27-28H,12H2,(H,26,29);2-12,27H,1H3,(H,26,28);2-12,24-25H,13H2,1H3,(H,23,26);3-13,24H,1-2H3,(H,23,25)/t;2*21-;2*22-/m.1111/s1. The number of rotatable bonds is 12. The van der Waals surface area contributed by atoms with E-state index in [-0.39, 0.29) is 82.2 Å². The van der Waals surface area contributed by atoms with E-state index < -0.39 is 62.4 Å². The van der Waals surface area contributed by atoms with E-state index >= 15 is 0 Å². The average molecular weight is 1820 g/mol. The number of halogens is 7. The number of anilines is 5. The lowest BCUT2D eigenvalue weighted by atomic mass is 9.70. The molecule has 5 aliphatic rings. The highest BCUT2D eigenvalue weighted by atomic mass is 35.5. The fourth-order valence-corrected chi connectivity index (χ4v) is 19.1. The topological polar surface area (TPSA) is 287 Å². The Morgan fingerprint density at radius 1 is 0.254 bits per heavy atom. The number of phenols is 5. The van der Waals surface area contributed by atoms with Gasteiger partial charge in [0.15, 0.2) is 0 Å². The SMILES string of the molecule is Cc1ccc(C2(c3ccc(O)cc3)C(=O)Nc3c2ccc(Cl)c3C)cc1.Cc1ccc([C@]2(c3ccc(O)cc3)C(=O)Nc3c(C(F)(F)F)cccc32)cc1.Cc1ccc([C@]2(c3ccc(O)cc3)C(=O)Nc3c(C)cccc32)cc1.Cc1cccc2c1NC(=O)[C@@]2(c1ccc(O)cc1)c1ccc(CO)cc1.O=C1Nc2c(C(F)(F)F)cccc2[C@]1(c1ccc(O)cc1)c1ccc(CO)cc1. The molecule has 674 valence electrons. The number of benzene rings is 15. The fraction of sp³-hybridized carbons (Fsp3) is 0.136. The number of carbonyl (C=O) groups is 5. The molecule has 15 aromatic rings. The molecule has 0 bridgehead atoms. The van der Waals surface area contributed by atoms with Gasteiger partial charge in [-0.3, -0.25) is 24.0 Å². The van der Waals surface area contributed by atoms with Crippen LogP contribution in [0.2, 0.25) is 5.02 Å². The smallest absolute Gasteiger partial charge is 0.418 e. The highest BCUT2D eigenvalue weighted by molar-refractivity contribution is 6.32. The van der Waals surface area contributed by atoms with Crippen LogP contribution in [0, 0.1) is 41.5 Å². The third kappa shape index (κ3) is 15.8. The number of hydrogen-bond donors (Lipinski definition) is 12. The van der Waals surface area contributed by atoms with Crippen LogP contribution in [0.5, 0.6) is 28.7 Å². The molecule has 1 unspecified atom stereocenters. The van der Waals surface area contributed by atoms with E-state index in [1.807, 2.05) is 187 Å². The lowest BCUT2D eigenvalue weighted by molar-refractivity contribution is -0.137. The highest BCUT2D eigenvalue weighted by Gasteiger charge is 2.57. The van der Waals surface area contributed by atoms with Crippen LogP contribution in [0.3, 0.4) is 0 Å². The first kappa shape index (κ1) is 91.7. The Bertz CT molecular complexity index is 6910. The Morgan fingerprint density at radius 3 is 0.694 bits per heavy atom. The van der Waals surface area contributed by atoms with Gasteiger partial charge in [-0.2, -0.15) is 26.3 Å². The summed E-state index contributed by atoms with van der Waals surface area (Å²) in [6.45, 7) is 11.6. The number of hydrogen-bond acceptors (Lipinski definition) is 12. The van der Waals surface area contributed by atoms with Crippen molar-refractivity contribution < 1.29 is 86.1 Å². The quantitative estimate of drug-likeness (QED) is 0.0509. The number of fused-ring (bicyclic) bond motifs is 5. The minimum Gasteiger partial charge on any atom is -0.508 e. The van der Waals surface area contributed by atoms with E-state index in [1.165, 1.54) is 60.7 Å². The number of carbonyl (C=O) groups excluding carboxylic acids is 5. The summed E-state index contributed by atoms with van der Waals surface area (Å²) >= 11 is 6.28. The van der Waals surface area contributed by atoms with Crippen LogP contribution < -0.4 is 26.6 Å². The van der Waals surface area contributed by atoms with Gasteiger partial charge in [-0.25, -0.2) is 0 Å². The van der Waals surface area contributed by atoms with Gasteiger partial charge in [-0.05, 0) is 204 Å². The third-order valence-electron chi connectivity index (χ3n) is 25.7. The van der Waals surface area contributed by atoms with Crippen LogP contribution >= 0.6 is 11.6 Å². The van der Waals surface area contributed by atoms with Gasteiger partial charge in [0.05, 0.1) is 41.4 Å². The van der Waals surface area contributed by atoms with Crippen LogP contribution in [0.4, 0.5) is 54.8 Å². The van der Waals surface area contributed by atoms with Gasteiger partial charge in [-0.1, -0.05) is 277 Å². The number of amides is 5. The number of para-hydroxylation sites is 4. The van der Waals surface area contributed by atoms with Crippen LogP contribution in [-0.2, 0) is 76.6 Å². The van der Waals surface area contributed by atoms with Crippen molar-refractivity contribution in [3.63, 3.8) is 0 Å². The molecule has 0 spiro atoms. The molecule has 5 atom stereocenters. The zero-order chi connectivity index (χ0) is 95.3. The van der Waals surface area contributed by atoms with Gasteiger partial charge in [0.2, 0.25) is 29.5 Å². The summed E-state index contributed by atoms with van der Waals surface area (Å²) in [5.74, 6) is -0.997. The molecular weight excluding hydrogens is 1730 g/mol. The summed E-state index contributed by atoms with van der Waals surface area (Å²) in [4.78, 5) is 66.5. The molecule has 0 aliphatic carbocycles. The molecule has 5 heterocycles. The molecule has 0 radical (unpaired) electrons. The Morgan fingerprint density at radius 2 is 0.455 bits per heavy atom. The molecule has 5 amide bonds. The summed E-state index contributed by atoms with van der Waals surface area (Å²) in [6, 6.07) is 92.5. The lowest BCUT2D eigenvalue weighted by Crippen LogP contribution is -2.37. The van der Waals surface area contributed by atoms with E-state index in [2.05, 4.69) is 26.6 Å². The molecular formula is C110H88ClF6N5O12. The highest BCUT2D eigenvalue weighted by Crippen LogP contribution is 2.57. The minimum absolute atomic E-state index is 0.00507. The zero-order valence-electron chi connectivity index (χ0n) is 72.9. The number of aliphatic hydroxyl groups is 2. The molecule has 20 rings (SSSR count). The van der Waals surface area contributed by atoms with Crippen molar-refractivity contribution in [3.8, 4) is 28.7 Å². The monoisotopic (exact) mass is 1820 g/mol. The van der Waals surface area contributed by atoms with Crippen LogP contribution in [0.15, 0.2) is 328 Å². The van der Waals surface area contributed by atoms with Crippen molar-refractivity contribution in [2.45, 2.75) is 94.2 Å². The van der Waals surface area contributed by atoms with Gasteiger partial charge in [0.25, 0.3) is 0 Å². The van der Waals surface area contributed by atoms with Crippen LogP contribution in [0.25, 0.3) is 0 Å². The predicted octanol–water partition coefficient (Wildman–Crippen LogP) is 21.9. The molecule has 0 saturated heterocycles. The Balaban J connectivity index is 0.000000122. The second-order valence-electron chi connectivity index (χ2n) is 33.6. The van der Waals surface area contributed by atoms with Crippen molar-refractivity contribution in [3.05, 3.63) is 472 Å². The Hall–Kier alpha value is -15.6. The van der Waals surface area contributed by atoms with E-state index in [0.29, 0.717) is 32.8 Å². The van der Waals surface area contributed by atoms with Gasteiger partial charge in [0, 0.05) is 44.2 Å². The lowest BCUT2D eigenvalue weighted by Gasteiger charge is -2.29. The van der Waals surface area contributed by atoms with E-state index in [9.17, 15) is 86.1 Å². The summed E-state index contributed by atoms with van der Waals surface area (Å²) in [6.07, 6.45) is -9.23. The summed E-state index contributed by atoms with van der Waals surface area (Å²) in [7, 11) is 0. The second kappa shape index (κ2) is 36.0. The van der Waals surface area contributed by atoms with Gasteiger partial charge < -0.3 is 62.3 Å². The van der Waals surface area contributed by atoms with E-state index in [0.717, 1.165) is 118 Å². The van der Waals surface area contributed by atoms with E-state index in [4.69, 9.17) is 11.6 Å². The maximum atomic E-state index is 13.6. The van der Waals surface area contributed by atoms with Crippen molar-refractivity contribution in [1.82, 2.24) is 0 Å².